The zero-order valence-electron chi connectivity index (χ0n) is 17.4. The third kappa shape index (κ3) is 8.33. The van der Waals surface area contributed by atoms with Crippen LogP contribution in [0.5, 0.6) is 0 Å². The average Bonchev–Trinajstić information content (AvgIpc) is 3.27. The van der Waals surface area contributed by atoms with Crippen molar-refractivity contribution in [2.75, 3.05) is 32.7 Å². The van der Waals surface area contributed by atoms with Crippen LogP contribution in [0.4, 0.5) is 0 Å². The van der Waals surface area contributed by atoms with E-state index in [2.05, 4.69) is 58.0 Å². The van der Waals surface area contributed by atoms with Crippen LogP contribution in [-0.2, 0) is 13.0 Å². The van der Waals surface area contributed by atoms with E-state index in [0.717, 1.165) is 57.3 Å². The number of guanidine groups is 1. The van der Waals surface area contributed by atoms with Crippen LogP contribution >= 0.6 is 24.0 Å². The molecule has 2 heterocycles. The van der Waals surface area contributed by atoms with Gasteiger partial charge in [-0.15, -0.1) is 34.2 Å². The van der Waals surface area contributed by atoms with Crippen molar-refractivity contribution < 1.29 is 0 Å². The Balaban J connectivity index is 0.00000364. The molecule has 0 aromatic carbocycles. The lowest BCUT2D eigenvalue weighted by Gasteiger charge is -2.21. The van der Waals surface area contributed by atoms with Crippen LogP contribution in [0.2, 0.25) is 0 Å². The highest BCUT2D eigenvalue weighted by Gasteiger charge is 2.22. The van der Waals surface area contributed by atoms with Gasteiger partial charge in [-0.05, 0) is 38.3 Å². The van der Waals surface area contributed by atoms with Crippen LogP contribution in [-0.4, -0.2) is 64.4 Å². The second kappa shape index (κ2) is 13.3. The summed E-state index contributed by atoms with van der Waals surface area (Å²) in [7, 11) is 0. The van der Waals surface area contributed by atoms with Gasteiger partial charge in [0.25, 0.3) is 0 Å². The highest BCUT2D eigenvalue weighted by atomic mass is 127. The maximum Gasteiger partial charge on any atom is 0.191 e. The topological polar surface area (TPSA) is 70.4 Å². The van der Waals surface area contributed by atoms with Crippen molar-refractivity contribution in [1.82, 2.24) is 30.3 Å². The molecule has 1 aliphatic heterocycles. The normalized spacial score (nSPS) is 18.0. The van der Waals surface area contributed by atoms with E-state index in [4.69, 9.17) is 4.99 Å². The second-order valence-corrected chi connectivity index (χ2v) is 7.44. The molecule has 1 aromatic rings. The number of likely N-dealkylation sites (N-methyl/N-ethyl adjacent to an activating group) is 1. The summed E-state index contributed by atoms with van der Waals surface area (Å²) in [5, 5.41) is 15.1. The Morgan fingerprint density at radius 2 is 2.07 bits per heavy atom. The van der Waals surface area contributed by atoms with Gasteiger partial charge in [0.05, 0.1) is 6.54 Å². The molecule has 1 saturated heterocycles. The number of aliphatic imine (C=N–C) groups is 1. The number of aryl methyl sites for hydroxylation is 1. The Labute approximate surface area is 181 Å². The lowest BCUT2D eigenvalue weighted by molar-refractivity contribution is 0.273. The molecule has 0 aliphatic carbocycles. The second-order valence-electron chi connectivity index (χ2n) is 7.44. The fraction of sp³-hybridized carbons (Fsp3) is 0.842. The molecule has 8 heteroatoms. The van der Waals surface area contributed by atoms with Gasteiger partial charge >= 0.3 is 0 Å². The van der Waals surface area contributed by atoms with Crippen molar-refractivity contribution in [2.24, 2.45) is 10.9 Å². The summed E-state index contributed by atoms with van der Waals surface area (Å²) >= 11 is 0. The number of rotatable bonds is 10. The molecule has 156 valence electrons. The SMILES string of the molecule is CCc1nncn1CCNC(=NCC1CCCN1CC)NCCC(C)C.I. The number of halogens is 1. The summed E-state index contributed by atoms with van der Waals surface area (Å²) in [6.07, 6.45) is 6.42. The molecule has 27 heavy (non-hydrogen) atoms. The van der Waals surface area contributed by atoms with Gasteiger partial charge in [0.2, 0.25) is 0 Å². The molecule has 1 aliphatic rings. The number of nitrogens with zero attached hydrogens (tertiary/aromatic N) is 5. The first-order chi connectivity index (χ1) is 12.6. The number of hydrogen-bond acceptors (Lipinski definition) is 4. The fourth-order valence-corrected chi connectivity index (χ4v) is 3.40. The van der Waals surface area contributed by atoms with Gasteiger partial charge < -0.3 is 15.2 Å². The van der Waals surface area contributed by atoms with E-state index in [1.54, 1.807) is 6.33 Å². The molecular weight excluding hydrogens is 453 g/mol. The van der Waals surface area contributed by atoms with Crippen molar-refractivity contribution in [3.63, 3.8) is 0 Å². The number of aromatic nitrogens is 3. The predicted molar refractivity (Wildman–Crippen MR) is 123 cm³/mol. The van der Waals surface area contributed by atoms with E-state index < -0.39 is 0 Å². The molecule has 0 spiro atoms. The molecule has 2 rings (SSSR count). The Kier molecular flexibility index (Phi) is 11.9. The van der Waals surface area contributed by atoms with Crippen LogP contribution in [0.25, 0.3) is 0 Å². The molecule has 7 nitrogen and oxygen atoms in total. The molecule has 1 aromatic heterocycles. The number of hydrogen-bond donors (Lipinski definition) is 2. The molecule has 0 amide bonds. The Morgan fingerprint density at radius 1 is 1.30 bits per heavy atom. The zero-order chi connectivity index (χ0) is 18.8. The smallest absolute Gasteiger partial charge is 0.191 e. The molecular formula is C19H38IN7. The third-order valence-electron chi connectivity index (χ3n) is 5.04. The molecule has 1 atom stereocenters. The summed E-state index contributed by atoms with van der Waals surface area (Å²) in [5.74, 6) is 2.65. The first kappa shape index (κ1) is 24.1. The minimum atomic E-state index is 0. The summed E-state index contributed by atoms with van der Waals surface area (Å²) in [6, 6.07) is 0.591. The van der Waals surface area contributed by atoms with Crippen molar-refractivity contribution in [3.05, 3.63) is 12.2 Å². The highest BCUT2D eigenvalue weighted by Crippen LogP contribution is 2.16. The molecule has 2 N–H and O–H groups in total. The molecule has 1 fully saturated rings. The van der Waals surface area contributed by atoms with E-state index >= 15 is 0 Å². The van der Waals surface area contributed by atoms with Gasteiger partial charge in [0.1, 0.15) is 12.2 Å². The van der Waals surface area contributed by atoms with Crippen LogP contribution in [0.3, 0.4) is 0 Å². The fourth-order valence-electron chi connectivity index (χ4n) is 3.40. The van der Waals surface area contributed by atoms with Gasteiger partial charge in [0, 0.05) is 32.1 Å². The Hall–Kier alpha value is -0.900. The minimum absolute atomic E-state index is 0. The monoisotopic (exact) mass is 491 g/mol. The summed E-state index contributed by atoms with van der Waals surface area (Å²) in [5.41, 5.74) is 0. The lowest BCUT2D eigenvalue weighted by Crippen LogP contribution is -2.41. The predicted octanol–water partition coefficient (Wildman–Crippen LogP) is 2.52. The van der Waals surface area contributed by atoms with Crippen LogP contribution in [0.15, 0.2) is 11.3 Å². The third-order valence-corrected chi connectivity index (χ3v) is 5.04. The minimum Gasteiger partial charge on any atom is -0.356 e. The van der Waals surface area contributed by atoms with Crippen molar-refractivity contribution in [3.8, 4) is 0 Å². The highest BCUT2D eigenvalue weighted by molar-refractivity contribution is 14.0. The first-order valence-corrected chi connectivity index (χ1v) is 10.3. The largest absolute Gasteiger partial charge is 0.356 e. The van der Waals surface area contributed by atoms with E-state index in [9.17, 15) is 0 Å². The number of nitrogens with one attached hydrogen (secondary N) is 2. The molecule has 0 saturated carbocycles. The molecule has 0 bridgehead atoms. The van der Waals surface area contributed by atoms with Crippen LogP contribution < -0.4 is 10.6 Å². The standard InChI is InChI=1S/C19H37N7.HI/c1-5-18-24-23-15-26(18)13-11-21-19(20-10-9-16(3)4)22-14-17-8-7-12-25(17)6-2;/h15-17H,5-14H2,1-4H3,(H2,20,21,22);1H. The van der Waals surface area contributed by atoms with Crippen molar-refractivity contribution in [2.45, 2.75) is 66.0 Å². The first-order valence-electron chi connectivity index (χ1n) is 10.3. The van der Waals surface area contributed by atoms with Crippen LogP contribution in [0, 0.1) is 5.92 Å². The Morgan fingerprint density at radius 3 is 2.78 bits per heavy atom. The van der Waals surface area contributed by atoms with Crippen molar-refractivity contribution in [1.29, 1.82) is 0 Å². The van der Waals surface area contributed by atoms with E-state index in [1.807, 2.05) is 0 Å². The summed E-state index contributed by atoms with van der Waals surface area (Å²) < 4.78 is 2.11. The van der Waals surface area contributed by atoms with Gasteiger partial charge in [-0.1, -0.05) is 27.7 Å². The number of likely N-dealkylation sites (tertiary alicyclic amines) is 1. The Bertz CT molecular complexity index is 544. The van der Waals surface area contributed by atoms with Crippen molar-refractivity contribution >= 4 is 29.9 Å². The summed E-state index contributed by atoms with van der Waals surface area (Å²) in [6.45, 7) is 14.7. The van der Waals surface area contributed by atoms with Gasteiger partial charge in [-0.3, -0.25) is 9.89 Å². The maximum absolute atomic E-state index is 4.87. The maximum atomic E-state index is 4.87. The van der Waals surface area contributed by atoms with Gasteiger partial charge in [-0.2, -0.15) is 0 Å². The van der Waals surface area contributed by atoms with E-state index in [-0.39, 0.29) is 24.0 Å². The molecule has 1 unspecified atom stereocenters. The van der Waals surface area contributed by atoms with Crippen LogP contribution in [0.1, 0.15) is 52.8 Å². The van der Waals surface area contributed by atoms with E-state index in [0.29, 0.717) is 12.0 Å². The molecule has 0 radical (unpaired) electrons. The average molecular weight is 491 g/mol. The van der Waals surface area contributed by atoms with E-state index in [1.165, 1.54) is 19.4 Å². The quantitative estimate of drug-likeness (QED) is 0.299. The zero-order valence-corrected chi connectivity index (χ0v) is 19.8. The summed E-state index contributed by atoms with van der Waals surface area (Å²) in [4.78, 5) is 7.42. The van der Waals surface area contributed by atoms with Gasteiger partial charge in [0.15, 0.2) is 5.96 Å². The van der Waals surface area contributed by atoms with Gasteiger partial charge in [-0.25, -0.2) is 0 Å². The lowest BCUT2D eigenvalue weighted by atomic mass is 10.1.